The Morgan fingerprint density at radius 1 is 0.610 bits per heavy atom. The summed E-state index contributed by atoms with van der Waals surface area (Å²) in [6.45, 7) is 2.04. The Morgan fingerprint density at radius 3 is 1.93 bits per heavy atom. The molecule has 7 aromatic carbocycles. The van der Waals surface area contributed by atoms with E-state index in [2.05, 4.69) is 4.57 Å². The van der Waals surface area contributed by atoms with E-state index in [0.29, 0.717) is 28.7 Å². The summed E-state index contributed by atoms with van der Waals surface area (Å²) in [7, 11) is 0. The fraction of sp³-hybridized carbons (Fsp3) is 0.0513. The van der Waals surface area contributed by atoms with Crippen LogP contribution in [0.5, 0.6) is 0 Å². The average molecular weight is 533 g/mol. The summed E-state index contributed by atoms with van der Waals surface area (Å²) in [4.78, 5) is 4.80. The summed E-state index contributed by atoms with van der Waals surface area (Å²) < 4.78 is 73.8. The van der Waals surface area contributed by atoms with Gasteiger partial charge < -0.3 is 0 Å². The van der Waals surface area contributed by atoms with Gasteiger partial charge in [0.05, 0.1) is 22.0 Å². The maximum atomic E-state index is 9.24. The van der Waals surface area contributed by atoms with Gasteiger partial charge in [0.25, 0.3) is 0 Å². The first-order valence-electron chi connectivity index (χ1n) is 17.6. The van der Waals surface area contributed by atoms with Gasteiger partial charge in [0.2, 0.25) is 0 Å². The summed E-state index contributed by atoms with van der Waals surface area (Å²) in [5.74, 6) is 0.882. The Labute approximate surface area is 250 Å². The molecule has 2 nitrogen and oxygen atoms in total. The molecule has 2 heteroatoms. The average Bonchev–Trinajstić information content (AvgIpc) is 3.52. The minimum Gasteiger partial charge on any atom is -0.296 e. The van der Waals surface area contributed by atoms with E-state index in [0.717, 1.165) is 33.3 Å². The van der Waals surface area contributed by atoms with Crippen LogP contribution in [-0.2, 0) is 6.42 Å². The van der Waals surface area contributed by atoms with Crippen LogP contribution in [0.2, 0.25) is 0 Å². The third-order valence-electron chi connectivity index (χ3n) is 7.79. The third-order valence-corrected chi connectivity index (χ3v) is 7.79. The van der Waals surface area contributed by atoms with Crippen molar-refractivity contribution in [1.29, 1.82) is 0 Å². The van der Waals surface area contributed by atoms with Gasteiger partial charge in [-0.25, -0.2) is 4.98 Å². The normalized spacial score (nSPS) is 14.4. The van der Waals surface area contributed by atoms with Crippen molar-refractivity contribution in [2.24, 2.45) is 0 Å². The van der Waals surface area contributed by atoms with Crippen molar-refractivity contribution in [3.05, 3.63) is 145 Å². The number of benzene rings is 7. The molecule has 0 aliphatic carbocycles. The van der Waals surface area contributed by atoms with E-state index < -0.39 is 24.2 Å². The van der Waals surface area contributed by atoms with E-state index in [9.17, 15) is 5.48 Å². The number of nitrogens with zero attached hydrogens (tertiary/aromatic N) is 2. The van der Waals surface area contributed by atoms with Gasteiger partial charge in [-0.3, -0.25) is 4.57 Å². The lowest BCUT2D eigenvalue weighted by molar-refractivity contribution is 0.908. The van der Waals surface area contributed by atoms with Gasteiger partial charge in [-0.05, 0) is 78.8 Å². The Bertz CT molecular complexity index is 2590. The molecule has 1 heterocycles. The van der Waals surface area contributed by atoms with E-state index in [4.69, 9.17) is 10.5 Å². The molecule has 0 aliphatic heterocycles. The second-order valence-electron chi connectivity index (χ2n) is 10.0. The summed E-state index contributed by atoms with van der Waals surface area (Å²) in [6, 6.07) is 25.9. The highest BCUT2D eigenvalue weighted by Crippen LogP contribution is 2.45. The van der Waals surface area contributed by atoms with Crippen LogP contribution < -0.4 is 0 Å². The zero-order valence-corrected chi connectivity index (χ0v) is 22.3. The van der Waals surface area contributed by atoms with Crippen LogP contribution in [0.3, 0.4) is 0 Å². The molecule has 0 saturated heterocycles. The van der Waals surface area contributed by atoms with Crippen molar-refractivity contribution in [3.63, 3.8) is 0 Å². The number of aryl methyl sites for hydroxylation is 1. The number of hydrogen-bond donors (Lipinski definition) is 0. The SMILES string of the molecule is [2H]c1c([2H])c([2H])c2c(-c3cccc4ccccc34)c3c([2H])c([2H])c([2H])c([2H])c3c(-c3ccc(-n4c(CC)nc5ccccc54)cc3)c2c1[2H]. The number of para-hydroxylation sites is 2. The third kappa shape index (κ3) is 3.68. The zero-order chi connectivity index (χ0) is 34.3. The van der Waals surface area contributed by atoms with Gasteiger partial charge in [0, 0.05) is 12.1 Å². The lowest BCUT2D eigenvalue weighted by Gasteiger charge is -2.19. The molecule has 0 saturated carbocycles. The standard InChI is InChI=1S/C39H28N2/c1-2-37-40-35-20-9-10-21-36(35)41(37)28-24-22-27(23-25-28)38-31-15-5-7-17-33(31)39(34-18-8-6-16-32(34)38)30-19-11-13-26-12-3-4-14-29(26)30/h3-25H,2H2,1H3/i5D,6D,7D,8D,15D,16D,17D,18D. The topological polar surface area (TPSA) is 17.8 Å². The van der Waals surface area contributed by atoms with Crippen molar-refractivity contribution >= 4 is 43.4 Å². The van der Waals surface area contributed by atoms with Gasteiger partial charge in [-0.15, -0.1) is 0 Å². The van der Waals surface area contributed by atoms with E-state index in [1.54, 1.807) is 0 Å². The van der Waals surface area contributed by atoms with Crippen LogP contribution in [0.4, 0.5) is 0 Å². The molecule has 0 fully saturated rings. The fourth-order valence-electron chi connectivity index (χ4n) is 6.00. The first kappa shape index (κ1) is 16.8. The van der Waals surface area contributed by atoms with E-state index >= 15 is 0 Å². The Morgan fingerprint density at radius 2 is 1.22 bits per heavy atom. The van der Waals surface area contributed by atoms with E-state index in [-0.39, 0.29) is 45.7 Å². The minimum atomic E-state index is -0.420. The predicted molar refractivity (Wildman–Crippen MR) is 174 cm³/mol. The summed E-state index contributed by atoms with van der Waals surface area (Å²) in [5, 5.41) is 2.48. The van der Waals surface area contributed by atoms with Crippen LogP contribution in [-0.4, -0.2) is 9.55 Å². The first-order chi connectivity index (χ1) is 23.6. The summed E-state index contributed by atoms with van der Waals surface area (Å²) in [6.07, 6.45) is 0.702. The molecule has 41 heavy (non-hydrogen) atoms. The second-order valence-corrected chi connectivity index (χ2v) is 10.0. The molecule has 0 bridgehead atoms. The summed E-state index contributed by atoms with van der Waals surface area (Å²) in [5.41, 5.74) is 4.51. The van der Waals surface area contributed by atoms with E-state index in [1.807, 2.05) is 97.9 Å². The Balaban J connectivity index is 1.56. The highest BCUT2D eigenvalue weighted by molar-refractivity contribution is 6.23. The van der Waals surface area contributed by atoms with Gasteiger partial charge in [0.1, 0.15) is 5.82 Å². The highest BCUT2D eigenvalue weighted by Gasteiger charge is 2.18. The van der Waals surface area contributed by atoms with Crippen LogP contribution in [0.15, 0.2) is 139 Å². The molecule has 0 aliphatic rings. The molecule has 0 amide bonds. The maximum Gasteiger partial charge on any atom is 0.114 e. The monoisotopic (exact) mass is 532 g/mol. The van der Waals surface area contributed by atoms with Crippen molar-refractivity contribution in [1.82, 2.24) is 9.55 Å². The molecule has 0 radical (unpaired) electrons. The van der Waals surface area contributed by atoms with Crippen LogP contribution in [0, 0.1) is 0 Å². The molecule has 8 rings (SSSR count). The van der Waals surface area contributed by atoms with Crippen LogP contribution >= 0.6 is 0 Å². The lowest BCUT2D eigenvalue weighted by Crippen LogP contribution is -2.00. The largest absolute Gasteiger partial charge is 0.296 e. The highest BCUT2D eigenvalue weighted by atomic mass is 15.1. The quantitative estimate of drug-likeness (QED) is 0.206. The molecule has 0 atom stereocenters. The first-order valence-corrected chi connectivity index (χ1v) is 13.6. The maximum absolute atomic E-state index is 9.24. The molecule has 1 aromatic heterocycles. The summed E-state index contributed by atoms with van der Waals surface area (Å²) >= 11 is 0. The van der Waals surface area contributed by atoms with Crippen LogP contribution in [0.1, 0.15) is 23.7 Å². The number of aromatic nitrogens is 2. The van der Waals surface area contributed by atoms with Crippen molar-refractivity contribution in [2.75, 3.05) is 0 Å². The van der Waals surface area contributed by atoms with Crippen LogP contribution in [0.25, 0.3) is 71.3 Å². The smallest absolute Gasteiger partial charge is 0.114 e. The number of hydrogen-bond acceptors (Lipinski definition) is 1. The zero-order valence-electron chi connectivity index (χ0n) is 30.3. The minimum absolute atomic E-state index is 0.196. The fourth-order valence-corrected chi connectivity index (χ4v) is 6.00. The molecular weight excluding hydrogens is 496 g/mol. The number of fused-ring (bicyclic) bond motifs is 4. The van der Waals surface area contributed by atoms with Crippen molar-refractivity contribution < 1.29 is 11.0 Å². The van der Waals surface area contributed by atoms with Gasteiger partial charge >= 0.3 is 0 Å². The van der Waals surface area contributed by atoms with Gasteiger partial charge in [0.15, 0.2) is 0 Å². The van der Waals surface area contributed by atoms with Gasteiger partial charge in [-0.2, -0.15) is 0 Å². The molecule has 0 unspecified atom stereocenters. The molecular formula is C39H28N2. The number of imidazole rings is 1. The second kappa shape index (κ2) is 9.46. The molecule has 8 aromatic rings. The van der Waals surface area contributed by atoms with E-state index in [1.165, 1.54) is 0 Å². The molecule has 0 N–H and O–H groups in total. The van der Waals surface area contributed by atoms with Crippen molar-refractivity contribution in [3.8, 4) is 27.9 Å². The Hall–Kier alpha value is -5.21. The van der Waals surface area contributed by atoms with Gasteiger partial charge in [-0.1, -0.05) is 122 Å². The molecule has 194 valence electrons. The van der Waals surface area contributed by atoms with Crippen molar-refractivity contribution in [2.45, 2.75) is 13.3 Å². The Kier molecular flexibility index (Phi) is 3.88. The number of rotatable bonds is 4. The predicted octanol–water partition coefficient (Wildman–Crippen LogP) is 10.4. The molecule has 0 spiro atoms. The lowest BCUT2D eigenvalue weighted by atomic mass is 9.85.